The van der Waals surface area contributed by atoms with Crippen LogP contribution in [-0.2, 0) is 13.1 Å². The van der Waals surface area contributed by atoms with Gasteiger partial charge in [0.15, 0.2) is 11.6 Å². The van der Waals surface area contributed by atoms with E-state index < -0.39 is 11.6 Å². The van der Waals surface area contributed by atoms with E-state index in [2.05, 4.69) is 20.8 Å². The molecule has 2 aromatic carbocycles. The molecule has 0 amide bonds. The molecule has 0 spiro atoms. The zero-order valence-electron chi connectivity index (χ0n) is 11.0. The van der Waals surface area contributed by atoms with Gasteiger partial charge in [-0.3, -0.25) is 4.90 Å². The summed E-state index contributed by atoms with van der Waals surface area (Å²) in [6, 6.07) is 14.3. The summed E-state index contributed by atoms with van der Waals surface area (Å²) in [7, 11) is 0. The lowest BCUT2D eigenvalue weighted by Gasteiger charge is -2.22. The second kappa shape index (κ2) is 7.50. The van der Waals surface area contributed by atoms with Crippen molar-refractivity contribution in [3.05, 3.63) is 71.3 Å². The van der Waals surface area contributed by atoms with Crippen LogP contribution in [0.15, 0.2) is 48.5 Å². The van der Waals surface area contributed by atoms with Crippen molar-refractivity contribution >= 4 is 15.9 Å². The van der Waals surface area contributed by atoms with Crippen LogP contribution in [0.25, 0.3) is 0 Å². The molecule has 0 aliphatic rings. The molecule has 0 atom stereocenters. The molecule has 4 heteroatoms. The predicted octanol–water partition coefficient (Wildman–Crippen LogP) is 4.36. The molecule has 0 saturated heterocycles. The number of halogens is 3. The van der Waals surface area contributed by atoms with Crippen molar-refractivity contribution in [2.24, 2.45) is 0 Å². The van der Waals surface area contributed by atoms with Gasteiger partial charge < -0.3 is 0 Å². The van der Waals surface area contributed by atoms with Gasteiger partial charge >= 0.3 is 0 Å². The van der Waals surface area contributed by atoms with Gasteiger partial charge in [-0.05, 0) is 11.6 Å². The summed E-state index contributed by atoms with van der Waals surface area (Å²) in [4.78, 5) is 2.09. The summed E-state index contributed by atoms with van der Waals surface area (Å²) in [5.74, 6) is -1.54. The molecule has 0 saturated carbocycles. The van der Waals surface area contributed by atoms with Crippen molar-refractivity contribution in [2.75, 3.05) is 11.9 Å². The SMILES string of the molecule is Fc1cccc(CN(CCBr)Cc2ccccc2)c1F. The van der Waals surface area contributed by atoms with Crippen molar-refractivity contribution in [2.45, 2.75) is 13.1 Å². The highest BCUT2D eigenvalue weighted by molar-refractivity contribution is 9.09. The zero-order chi connectivity index (χ0) is 14.4. The minimum Gasteiger partial charge on any atom is -0.294 e. The Balaban J connectivity index is 2.11. The van der Waals surface area contributed by atoms with Gasteiger partial charge in [0.1, 0.15) is 0 Å². The number of alkyl halides is 1. The Morgan fingerprint density at radius 3 is 2.35 bits per heavy atom. The normalized spacial score (nSPS) is 11.0. The molecule has 0 aliphatic heterocycles. The Labute approximate surface area is 126 Å². The highest BCUT2D eigenvalue weighted by atomic mass is 79.9. The smallest absolute Gasteiger partial charge is 0.163 e. The highest BCUT2D eigenvalue weighted by Crippen LogP contribution is 2.15. The van der Waals surface area contributed by atoms with E-state index in [4.69, 9.17) is 0 Å². The second-order valence-electron chi connectivity index (χ2n) is 4.60. The lowest BCUT2D eigenvalue weighted by molar-refractivity contribution is 0.269. The van der Waals surface area contributed by atoms with E-state index in [0.29, 0.717) is 18.7 Å². The number of nitrogens with zero attached hydrogens (tertiary/aromatic N) is 1. The summed E-state index contributed by atoms with van der Waals surface area (Å²) in [5, 5.41) is 0.788. The zero-order valence-corrected chi connectivity index (χ0v) is 12.6. The first-order chi connectivity index (χ1) is 9.70. The van der Waals surface area contributed by atoms with Gasteiger partial charge in [0, 0.05) is 30.5 Å². The van der Waals surface area contributed by atoms with E-state index in [1.54, 1.807) is 12.1 Å². The third-order valence-electron chi connectivity index (χ3n) is 3.08. The molecule has 0 bridgehead atoms. The Morgan fingerprint density at radius 1 is 0.900 bits per heavy atom. The molecular formula is C16H16BrF2N. The van der Waals surface area contributed by atoms with Crippen molar-refractivity contribution in [3.8, 4) is 0 Å². The van der Waals surface area contributed by atoms with E-state index in [0.717, 1.165) is 23.5 Å². The monoisotopic (exact) mass is 339 g/mol. The molecule has 0 aliphatic carbocycles. The van der Waals surface area contributed by atoms with Crippen LogP contribution in [0.4, 0.5) is 8.78 Å². The largest absolute Gasteiger partial charge is 0.294 e. The Bertz CT molecular complexity index is 545. The van der Waals surface area contributed by atoms with Crippen LogP contribution < -0.4 is 0 Å². The molecular weight excluding hydrogens is 324 g/mol. The van der Waals surface area contributed by atoms with E-state index in [1.807, 2.05) is 30.3 Å². The molecule has 106 valence electrons. The highest BCUT2D eigenvalue weighted by Gasteiger charge is 2.12. The molecule has 0 radical (unpaired) electrons. The van der Waals surface area contributed by atoms with Crippen molar-refractivity contribution in [1.82, 2.24) is 4.90 Å². The number of rotatable bonds is 6. The third kappa shape index (κ3) is 4.12. The van der Waals surface area contributed by atoms with Crippen LogP contribution >= 0.6 is 15.9 Å². The second-order valence-corrected chi connectivity index (χ2v) is 5.39. The lowest BCUT2D eigenvalue weighted by Crippen LogP contribution is -2.25. The molecule has 0 N–H and O–H groups in total. The van der Waals surface area contributed by atoms with Crippen LogP contribution in [-0.4, -0.2) is 16.8 Å². The molecule has 0 fully saturated rings. The number of hydrogen-bond acceptors (Lipinski definition) is 1. The van der Waals surface area contributed by atoms with Gasteiger partial charge in [-0.25, -0.2) is 8.78 Å². The van der Waals surface area contributed by atoms with Gasteiger partial charge in [0.2, 0.25) is 0 Å². The Morgan fingerprint density at radius 2 is 1.65 bits per heavy atom. The minimum absolute atomic E-state index is 0.391. The van der Waals surface area contributed by atoms with E-state index in [-0.39, 0.29) is 0 Å². The van der Waals surface area contributed by atoms with E-state index in [9.17, 15) is 8.78 Å². The fourth-order valence-corrected chi connectivity index (χ4v) is 2.59. The first kappa shape index (κ1) is 15.1. The Kier molecular flexibility index (Phi) is 5.68. The fraction of sp³-hybridized carbons (Fsp3) is 0.250. The van der Waals surface area contributed by atoms with Crippen LogP contribution in [0.2, 0.25) is 0 Å². The average Bonchev–Trinajstić information content (AvgIpc) is 2.45. The molecule has 1 nitrogen and oxygen atoms in total. The third-order valence-corrected chi connectivity index (χ3v) is 3.43. The molecule has 0 heterocycles. The first-order valence-corrected chi connectivity index (χ1v) is 7.58. The fourth-order valence-electron chi connectivity index (χ4n) is 2.09. The first-order valence-electron chi connectivity index (χ1n) is 6.46. The summed E-state index contributed by atoms with van der Waals surface area (Å²) in [6.07, 6.45) is 0. The van der Waals surface area contributed by atoms with E-state index >= 15 is 0 Å². The predicted molar refractivity (Wildman–Crippen MR) is 80.7 cm³/mol. The van der Waals surface area contributed by atoms with Crippen molar-refractivity contribution in [3.63, 3.8) is 0 Å². The van der Waals surface area contributed by atoms with Crippen LogP contribution in [0.5, 0.6) is 0 Å². The van der Waals surface area contributed by atoms with Gasteiger partial charge in [-0.1, -0.05) is 58.4 Å². The Hall–Kier alpha value is -1.26. The maximum atomic E-state index is 13.7. The summed E-state index contributed by atoms with van der Waals surface area (Å²) >= 11 is 3.40. The minimum atomic E-state index is -0.791. The van der Waals surface area contributed by atoms with Gasteiger partial charge in [0.25, 0.3) is 0 Å². The molecule has 0 unspecified atom stereocenters. The topological polar surface area (TPSA) is 3.24 Å². The van der Waals surface area contributed by atoms with Crippen LogP contribution in [0, 0.1) is 11.6 Å². The maximum Gasteiger partial charge on any atom is 0.163 e. The van der Waals surface area contributed by atoms with Crippen LogP contribution in [0.1, 0.15) is 11.1 Å². The maximum absolute atomic E-state index is 13.7. The van der Waals surface area contributed by atoms with Crippen LogP contribution in [0.3, 0.4) is 0 Å². The van der Waals surface area contributed by atoms with E-state index in [1.165, 1.54) is 0 Å². The summed E-state index contributed by atoms with van der Waals surface area (Å²) in [6.45, 7) is 1.87. The molecule has 20 heavy (non-hydrogen) atoms. The summed E-state index contributed by atoms with van der Waals surface area (Å²) in [5.41, 5.74) is 1.55. The standard InChI is InChI=1S/C16H16BrF2N/c17-9-10-20(11-13-5-2-1-3-6-13)12-14-7-4-8-15(18)16(14)19/h1-8H,9-12H2. The molecule has 0 aromatic heterocycles. The molecule has 2 rings (SSSR count). The number of benzene rings is 2. The lowest BCUT2D eigenvalue weighted by atomic mass is 10.1. The van der Waals surface area contributed by atoms with Gasteiger partial charge in [-0.2, -0.15) is 0 Å². The molecule has 2 aromatic rings. The van der Waals surface area contributed by atoms with Gasteiger partial charge in [-0.15, -0.1) is 0 Å². The number of hydrogen-bond donors (Lipinski definition) is 0. The van der Waals surface area contributed by atoms with Crippen molar-refractivity contribution in [1.29, 1.82) is 0 Å². The quantitative estimate of drug-likeness (QED) is 0.706. The van der Waals surface area contributed by atoms with Crippen molar-refractivity contribution < 1.29 is 8.78 Å². The van der Waals surface area contributed by atoms with Gasteiger partial charge in [0.05, 0.1) is 0 Å². The average molecular weight is 340 g/mol. The summed E-state index contributed by atoms with van der Waals surface area (Å²) < 4.78 is 27.0.